The molecular formula is C25H20F3N5O. The van der Waals surface area contributed by atoms with Crippen LogP contribution in [-0.2, 0) is 13.5 Å². The van der Waals surface area contributed by atoms with Crippen LogP contribution in [0.15, 0.2) is 42.7 Å². The van der Waals surface area contributed by atoms with Gasteiger partial charge in [-0.25, -0.2) is 13.2 Å². The van der Waals surface area contributed by atoms with E-state index in [0.29, 0.717) is 40.8 Å². The zero-order valence-electron chi connectivity index (χ0n) is 20.1. The predicted octanol–water partition coefficient (Wildman–Crippen LogP) is 4.74. The molecule has 6 rings (SSSR count). The number of carbonyl (C=O) groups excluding carboxylic acids is 1. The largest absolute Gasteiger partial charge is 0.327 e. The summed E-state index contributed by atoms with van der Waals surface area (Å²) < 4.78 is 58.6. The molecule has 0 saturated carbocycles. The normalized spacial score (nSPS) is 20.2. The summed E-state index contributed by atoms with van der Waals surface area (Å²) in [5, 5.41) is 4.64. The summed E-state index contributed by atoms with van der Waals surface area (Å²) in [5.41, 5.74) is 3.40. The van der Waals surface area contributed by atoms with Gasteiger partial charge in [0.15, 0.2) is 17.5 Å². The van der Waals surface area contributed by atoms with Crippen molar-refractivity contribution < 1.29 is 20.7 Å². The lowest BCUT2D eigenvalue weighted by atomic mass is 9.81. The molecule has 2 atom stereocenters. The minimum atomic E-state index is -1.51. The van der Waals surface area contributed by atoms with Crippen molar-refractivity contribution >= 4 is 16.9 Å². The lowest BCUT2D eigenvalue weighted by Gasteiger charge is -2.45. The Morgan fingerprint density at radius 1 is 1.06 bits per heavy atom. The summed E-state index contributed by atoms with van der Waals surface area (Å²) in [6.07, 6.45) is 2.31. The van der Waals surface area contributed by atoms with Crippen LogP contribution in [0.1, 0.15) is 49.7 Å². The molecule has 4 aromatic rings. The van der Waals surface area contributed by atoms with Crippen molar-refractivity contribution in [2.75, 3.05) is 0 Å². The molecule has 172 valence electrons. The zero-order valence-corrected chi connectivity index (χ0v) is 18.1. The molecule has 34 heavy (non-hydrogen) atoms. The summed E-state index contributed by atoms with van der Waals surface area (Å²) in [7, 11) is 1.67. The molecule has 0 radical (unpaired) electrons. The molecule has 1 amide bonds. The molecule has 9 heteroatoms. The second-order valence-electron chi connectivity index (χ2n) is 8.76. The van der Waals surface area contributed by atoms with E-state index in [9.17, 15) is 18.0 Å². The third-order valence-corrected chi connectivity index (χ3v) is 6.79. The quantitative estimate of drug-likeness (QED) is 0.401. The molecule has 2 aliphatic heterocycles. The molecule has 2 aliphatic rings. The number of aryl methyl sites for hydroxylation is 1. The molecule has 1 fully saturated rings. The number of nitrogens with zero attached hydrogens (tertiary/aromatic N) is 5. The maximum absolute atomic E-state index is 14.0. The van der Waals surface area contributed by atoms with Crippen LogP contribution in [0, 0.1) is 17.5 Å². The Kier molecular flexibility index (Phi) is 4.20. The van der Waals surface area contributed by atoms with Gasteiger partial charge in [-0.15, -0.1) is 0 Å². The highest BCUT2D eigenvalue weighted by atomic mass is 19.2. The first-order valence-electron chi connectivity index (χ1n) is 12.0. The fourth-order valence-corrected chi connectivity index (χ4v) is 5.36. The Morgan fingerprint density at radius 3 is 2.56 bits per heavy atom. The molecule has 0 N–H and O–H groups in total. The van der Waals surface area contributed by atoms with E-state index in [1.54, 1.807) is 29.9 Å². The third-order valence-electron chi connectivity index (χ3n) is 6.79. The van der Waals surface area contributed by atoms with E-state index in [2.05, 4.69) is 15.1 Å². The van der Waals surface area contributed by atoms with Gasteiger partial charge in [0, 0.05) is 42.1 Å². The summed E-state index contributed by atoms with van der Waals surface area (Å²) in [6, 6.07) is 6.33. The highest BCUT2D eigenvalue weighted by molar-refractivity contribution is 5.98. The van der Waals surface area contributed by atoms with Crippen LogP contribution >= 0.6 is 0 Å². The topological polar surface area (TPSA) is 63.9 Å². The van der Waals surface area contributed by atoms with Crippen molar-refractivity contribution in [1.82, 2.24) is 24.6 Å². The lowest BCUT2D eigenvalue weighted by molar-refractivity contribution is 0.0392. The van der Waals surface area contributed by atoms with Crippen LogP contribution in [0.3, 0.4) is 0 Å². The van der Waals surface area contributed by atoms with Gasteiger partial charge >= 0.3 is 0 Å². The highest BCUT2D eigenvalue weighted by Gasteiger charge is 2.43. The van der Waals surface area contributed by atoms with Crippen LogP contribution in [-0.4, -0.2) is 36.6 Å². The second-order valence-corrected chi connectivity index (χ2v) is 8.76. The van der Waals surface area contributed by atoms with Gasteiger partial charge in [0.05, 0.1) is 31.2 Å². The minimum absolute atomic E-state index is 0.147. The van der Waals surface area contributed by atoms with Crippen LogP contribution < -0.4 is 0 Å². The number of carbonyl (C=O) groups is 1. The van der Waals surface area contributed by atoms with E-state index >= 15 is 0 Å². The van der Waals surface area contributed by atoms with Crippen molar-refractivity contribution in [3.05, 3.63) is 77.0 Å². The van der Waals surface area contributed by atoms with Gasteiger partial charge in [-0.2, -0.15) is 5.10 Å². The first-order valence-corrected chi connectivity index (χ1v) is 11.0. The van der Waals surface area contributed by atoms with Gasteiger partial charge in [0.2, 0.25) is 0 Å². The standard InChI is InChI=1S/C25H20F3N5O/c1-32-24(14-9-17(26)22(28)18(27)10-14)16-12-15-3-2-4-21(23(16)31-32)33(15)25(34)13-5-6-19-20(11-13)30-8-7-29-19/h5-11,15,21H,2-4,12H2,1H3/t15-,21+/m1/s1/i7D,8D. The third kappa shape index (κ3) is 3.10. The van der Waals surface area contributed by atoms with Crippen molar-refractivity contribution in [2.24, 2.45) is 7.05 Å². The van der Waals surface area contributed by atoms with Crippen molar-refractivity contribution in [2.45, 2.75) is 37.8 Å². The SMILES string of the molecule is [2H]c1nc2ccc(C(=O)N3[C@@H]4CCC[C@H]3c3nn(C)c(-c5cc(F)c(F)c(F)c5)c3C4)cc2nc1[2H]. The van der Waals surface area contributed by atoms with E-state index < -0.39 is 17.5 Å². The summed E-state index contributed by atoms with van der Waals surface area (Å²) >= 11 is 0. The maximum Gasteiger partial charge on any atom is 0.254 e. The van der Waals surface area contributed by atoms with Gasteiger partial charge in [-0.3, -0.25) is 19.4 Å². The lowest BCUT2D eigenvalue weighted by Crippen LogP contribution is -2.49. The van der Waals surface area contributed by atoms with E-state index in [-0.39, 0.29) is 35.9 Å². The number of hydrogen-bond acceptors (Lipinski definition) is 4. The van der Waals surface area contributed by atoms with Crippen LogP contribution in [0.2, 0.25) is 0 Å². The Labute approximate surface area is 195 Å². The molecule has 0 spiro atoms. The van der Waals surface area contributed by atoms with Gasteiger partial charge in [0.1, 0.15) is 0 Å². The van der Waals surface area contributed by atoms with Crippen molar-refractivity contribution in [3.8, 4) is 11.3 Å². The number of fused-ring (bicyclic) bond motifs is 5. The first-order chi connectivity index (χ1) is 17.2. The van der Waals surface area contributed by atoms with E-state index in [1.165, 1.54) is 0 Å². The van der Waals surface area contributed by atoms with Gasteiger partial charge < -0.3 is 4.90 Å². The van der Waals surface area contributed by atoms with Crippen LogP contribution in [0.4, 0.5) is 13.2 Å². The summed E-state index contributed by atoms with van der Waals surface area (Å²) in [5.74, 6) is -4.24. The molecule has 2 aromatic carbocycles. The molecule has 4 heterocycles. The average molecular weight is 465 g/mol. The van der Waals surface area contributed by atoms with E-state index in [1.807, 2.05) is 4.90 Å². The first kappa shape index (κ1) is 18.7. The maximum atomic E-state index is 14.0. The predicted molar refractivity (Wildman–Crippen MR) is 118 cm³/mol. The summed E-state index contributed by atoms with van der Waals surface area (Å²) in [6.45, 7) is 0. The molecule has 2 bridgehead atoms. The fraction of sp³-hybridized carbons (Fsp3) is 0.280. The summed E-state index contributed by atoms with van der Waals surface area (Å²) in [4.78, 5) is 23.7. The number of aromatic nitrogens is 4. The number of benzene rings is 2. The molecule has 1 saturated heterocycles. The second kappa shape index (κ2) is 7.65. The number of hydrogen-bond donors (Lipinski definition) is 0. The van der Waals surface area contributed by atoms with Gasteiger partial charge in [-0.05, 0) is 56.0 Å². The minimum Gasteiger partial charge on any atom is -0.327 e. The van der Waals surface area contributed by atoms with Crippen LogP contribution in [0.5, 0.6) is 0 Å². The molecule has 6 nitrogen and oxygen atoms in total. The Morgan fingerprint density at radius 2 is 1.79 bits per heavy atom. The highest BCUT2D eigenvalue weighted by Crippen LogP contribution is 2.45. The van der Waals surface area contributed by atoms with Gasteiger partial charge in [-0.1, -0.05) is 0 Å². The molecule has 0 aliphatic carbocycles. The van der Waals surface area contributed by atoms with Crippen molar-refractivity contribution in [1.29, 1.82) is 0 Å². The smallest absolute Gasteiger partial charge is 0.254 e. The monoisotopic (exact) mass is 465 g/mol. The molecular weight excluding hydrogens is 443 g/mol. The zero-order chi connectivity index (χ0) is 25.3. The van der Waals surface area contributed by atoms with Crippen molar-refractivity contribution in [3.63, 3.8) is 0 Å². The number of rotatable bonds is 2. The van der Waals surface area contributed by atoms with Gasteiger partial charge in [0.25, 0.3) is 5.91 Å². The number of piperidine rings is 1. The average Bonchev–Trinajstić information content (AvgIpc) is 3.17. The van der Waals surface area contributed by atoms with E-state index in [0.717, 1.165) is 30.5 Å². The molecule has 0 unspecified atom stereocenters. The Hall–Kier alpha value is -3.75. The molecule has 2 aromatic heterocycles. The fourth-order valence-electron chi connectivity index (χ4n) is 5.36. The Balaban J connectivity index is 1.41. The van der Waals surface area contributed by atoms with Crippen LogP contribution in [0.25, 0.3) is 22.3 Å². The Bertz CT molecular complexity index is 1550. The number of amides is 1. The number of halogens is 3. The van der Waals surface area contributed by atoms with E-state index in [4.69, 9.17) is 2.74 Å².